The van der Waals surface area contributed by atoms with Crippen LogP contribution in [0.4, 0.5) is 0 Å². The van der Waals surface area contributed by atoms with Crippen LogP contribution in [0.2, 0.25) is 0 Å². The van der Waals surface area contributed by atoms with Crippen LogP contribution in [0.25, 0.3) is 11.3 Å². The van der Waals surface area contributed by atoms with E-state index in [9.17, 15) is 9.90 Å². The molecule has 0 bridgehead atoms. The number of benzene rings is 1. The zero-order valence-electron chi connectivity index (χ0n) is 12.3. The van der Waals surface area contributed by atoms with Gasteiger partial charge in [-0.15, -0.1) is 11.3 Å². The first kappa shape index (κ1) is 15.7. The third kappa shape index (κ3) is 5.28. The maximum Gasteiger partial charge on any atom is 0.220 e. The van der Waals surface area contributed by atoms with Gasteiger partial charge in [0.15, 0.2) is 0 Å². The van der Waals surface area contributed by atoms with Crippen molar-refractivity contribution in [3.8, 4) is 11.3 Å². The van der Waals surface area contributed by atoms with Gasteiger partial charge in [0.1, 0.15) is 0 Å². The molecular weight excluding hydrogens is 284 g/mol. The molecule has 4 nitrogen and oxygen atoms in total. The van der Waals surface area contributed by atoms with Crippen LogP contribution >= 0.6 is 11.3 Å². The summed E-state index contributed by atoms with van der Waals surface area (Å²) in [6.45, 7) is 3.60. The molecule has 112 valence electrons. The van der Waals surface area contributed by atoms with Gasteiger partial charge in [-0.2, -0.15) is 0 Å². The number of thiazole rings is 1. The predicted octanol–water partition coefficient (Wildman–Crippen LogP) is 2.63. The Labute approximate surface area is 128 Å². The highest BCUT2D eigenvalue weighted by atomic mass is 32.1. The Kier molecular flexibility index (Phi) is 5.09. The number of nitrogens with one attached hydrogen (secondary N) is 1. The number of aliphatic hydroxyl groups is 1. The second-order valence-corrected chi connectivity index (χ2v) is 6.52. The summed E-state index contributed by atoms with van der Waals surface area (Å²) in [5, 5.41) is 15.2. The molecule has 0 radical (unpaired) electrons. The number of hydrogen-bond acceptors (Lipinski definition) is 4. The summed E-state index contributed by atoms with van der Waals surface area (Å²) in [7, 11) is 0. The number of amides is 1. The van der Waals surface area contributed by atoms with Crippen LogP contribution in [0.1, 0.15) is 25.3 Å². The summed E-state index contributed by atoms with van der Waals surface area (Å²) in [5.41, 5.74) is 1.16. The van der Waals surface area contributed by atoms with Crippen LogP contribution in [-0.2, 0) is 11.2 Å². The topological polar surface area (TPSA) is 62.2 Å². The van der Waals surface area contributed by atoms with Gasteiger partial charge in [0.05, 0.1) is 16.3 Å². The van der Waals surface area contributed by atoms with Crippen molar-refractivity contribution in [2.75, 3.05) is 6.54 Å². The molecule has 0 spiro atoms. The maximum atomic E-state index is 11.7. The molecule has 0 aliphatic rings. The molecular formula is C16H20N2O2S. The average molecular weight is 304 g/mol. The van der Waals surface area contributed by atoms with Crippen molar-refractivity contribution in [1.29, 1.82) is 0 Å². The fourth-order valence-corrected chi connectivity index (χ4v) is 2.60. The quantitative estimate of drug-likeness (QED) is 0.862. The molecule has 0 saturated heterocycles. The van der Waals surface area contributed by atoms with Gasteiger partial charge in [0.2, 0.25) is 5.91 Å². The Morgan fingerprint density at radius 1 is 1.33 bits per heavy atom. The number of rotatable bonds is 6. The van der Waals surface area contributed by atoms with Crippen molar-refractivity contribution in [2.24, 2.45) is 0 Å². The third-order valence-electron chi connectivity index (χ3n) is 2.91. The Balaban J connectivity index is 1.85. The van der Waals surface area contributed by atoms with E-state index in [0.29, 0.717) is 12.8 Å². The molecule has 0 fully saturated rings. The minimum Gasteiger partial charge on any atom is -0.389 e. The Hall–Kier alpha value is -1.72. The monoisotopic (exact) mass is 304 g/mol. The van der Waals surface area contributed by atoms with E-state index in [1.807, 2.05) is 35.7 Å². The highest BCUT2D eigenvalue weighted by molar-refractivity contribution is 7.09. The molecule has 0 aliphatic carbocycles. The van der Waals surface area contributed by atoms with Crippen LogP contribution in [-0.4, -0.2) is 28.1 Å². The Bertz CT molecular complexity index is 588. The maximum absolute atomic E-state index is 11.7. The molecule has 2 rings (SSSR count). The largest absolute Gasteiger partial charge is 0.389 e. The van der Waals surface area contributed by atoms with Gasteiger partial charge in [0, 0.05) is 30.3 Å². The minimum absolute atomic E-state index is 0.0615. The van der Waals surface area contributed by atoms with E-state index in [-0.39, 0.29) is 12.5 Å². The van der Waals surface area contributed by atoms with E-state index in [1.54, 1.807) is 25.2 Å². The molecule has 0 aliphatic heterocycles. The normalized spacial score (nSPS) is 11.4. The lowest BCUT2D eigenvalue weighted by atomic mass is 10.1. The summed E-state index contributed by atoms with van der Waals surface area (Å²) in [4.78, 5) is 16.2. The fourth-order valence-electron chi connectivity index (χ4n) is 1.79. The first-order valence-electron chi connectivity index (χ1n) is 6.93. The van der Waals surface area contributed by atoms with Gasteiger partial charge in [-0.3, -0.25) is 4.79 Å². The highest BCUT2D eigenvalue weighted by Gasteiger charge is 2.14. The lowest BCUT2D eigenvalue weighted by Gasteiger charge is -2.17. The van der Waals surface area contributed by atoms with Gasteiger partial charge < -0.3 is 10.4 Å². The molecule has 2 N–H and O–H groups in total. The van der Waals surface area contributed by atoms with Crippen molar-refractivity contribution in [3.05, 3.63) is 40.7 Å². The first-order chi connectivity index (χ1) is 9.94. The van der Waals surface area contributed by atoms with Crippen LogP contribution in [0.15, 0.2) is 35.7 Å². The summed E-state index contributed by atoms with van der Waals surface area (Å²) in [5.74, 6) is -0.0615. The van der Waals surface area contributed by atoms with Crippen molar-refractivity contribution in [3.63, 3.8) is 0 Å². The number of carbonyl (C=O) groups excluding carboxylic acids is 1. The summed E-state index contributed by atoms with van der Waals surface area (Å²) < 4.78 is 0. The fraction of sp³-hybridized carbons (Fsp3) is 0.375. The smallest absolute Gasteiger partial charge is 0.220 e. The zero-order chi connectivity index (χ0) is 15.3. The van der Waals surface area contributed by atoms with E-state index in [2.05, 4.69) is 10.3 Å². The van der Waals surface area contributed by atoms with Crippen molar-refractivity contribution >= 4 is 17.2 Å². The number of carbonyl (C=O) groups is 1. The van der Waals surface area contributed by atoms with Crippen molar-refractivity contribution < 1.29 is 9.90 Å². The third-order valence-corrected chi connectivity index (χ3v) is 3.81. The summed E-state index contributed by atoms with van der Waals surface area (Å²) in [6.07, 6.45) is 1.01. The van der Waals surface area contributed by atoms with E-state index < -0.39 is 5.60 Å². The number of aryl methyl sites for hydroxylation is 1. The minimum atomic E-state index is -0.878. The molecule has 2 aromatic rings. The summed E-state index contributed by atoms with van der Waals surface area (Å²) in [6, 6.07) is 9.99. The van der Waals surface area contributed by atoms with E-state index in [1.165, 1.54) is 0 Å². The Morgan fingerprint density at radius 3 is 2.71 bits per heavy atom. The molecule has 0 atom stereocenters. The molecule has 1 aromatic carbocycles. The molecule has 1 heterocycles. The molecule has 5 heteroatoms. The lowest BCUT2D eigenvalue weighted by Crippen LogP contribution is -2.38. The molecule has 0 unspecified atom stereocenters. The average Bonchev–Trinajstić information content (AvgIpc) is 2.92. The lowest BCUT2D eigenvalue weighted by molar-refractivity contribution is -0.122. The van der Waals surface area contributed by atoms with Crippen LogP contribution in [0.3, 0.4) is 0 Å². The van der Waals surface area contributed by atoms with Gasteiger partial charge in [-0.05, 0) is 13.8 Å². The van der Waals surface area contributed by atoms with E-state index in [4.69, 9.17) is 0 Å². The first-order valence-corrected chi connectivity index (χ1v) is 7.81. The van der Waals surface area contributed by atoms with E-state index >= 15 is 0 Å². The molecule has 1 aromatic heterocycles. The SMILES string of the molecule is CC(C)(O)CNC(=O)CCc1nc(-c2ccccc2)cs1. The van der Waals surface area contributed by atoms with Gasteiger partial charge >= 0.3 is 0 Å². The number of aromatic nitrogens is 1. The van der Waals surface area contributed by atoms with Crippen LogP contribution in [0.5, 0.6) is 0 Å². The van der Waals surface area contributed by atoms with E-state index in [0.717, 1.165) is 16.3 Å². The standard InChI is InChI=1S/C16H20N2O2S/c1-16(2,20)11-17-14(19)8-9-15-18-13(10-21-15)12-6-4-3-5-7-12/h3-7,10,20H,8-9,11H2,1-2H3,(H,17,19). The van der Waals surface area contributed by atoms with Gasteiger partial charge in [0.25, 0.3) is 0 Å². The second-order valence-electron chi connectivity index (χ2n) is 5.58. The number of nitrogens with zero attached hydrogens (tertiary/aromatic N) is 1. The Morgan fingerprint density at radius 2 is 2.05 bits per heavy atom. The molecule has 21 heavy (non-hydrogen) atoms. The van der Waals surface area contributed by atoms with Crippen molar-refractivity contribution in [2.45, 2.75) is 32.3 Å². The highest BCUT2D eigenvalue weighted by Crippen LogP contribution is 2.22. The van der Waals surface area contributed by atoms with Crippen molar-refractivity contribution in [1.82, 2.24) is 10.3 Å². The summed E-state index contributed by atoms with van der Waals surface area (Å²) >= 11 is 1.57. The van der Waals surface area contributed by atoms with Crippen LogP contribution in [0, 0.1) is 0 Å². The van der Waals surface area contributed by atoms with Gasteiger partial charge in [-0.25, -0.2) is 4.98 Å². The van der Waals surface area contributed by atoms with Crippen LogP contribution < -0.4 is 5.32 Å². The molecule has 1 amide bonds. The zero-order valence-corrected chi connectivity index (χ0v) is 13.1. The second kappa shape index (κ2) is 6.83. The van der Waals surface area contributed by atoms with Gasteiger partial charge in [-0.1, -0.05) is 30.3 Å². The molecule has 0 saturated carbocycles. The number of hydrogen-bond donors (Lipinski definition) is 2. The predicted molar refractivity (Wildman–Crippen MR) is 85.2 cm³/mol.